The van der Waals surface area contributed by atoms with Gasteiger partial charge in [0.2, 0.25) is 0 Å². The van der Waals surface area contributed by atoms with Gasteiger partial charge in [0.25, 0.3) is 5.91 Å². The fraction of sp³-hybridized carbons (Fsp3) is 0.125. The van der Waals surface area contributed by atoms with E-state index in [9.17, 15) is 19.8 Å². The summed E-state index contributed by atoms with van der Waals surface area (Å²) >= 11 is 0. The first kappa shape index (κ1) is 20.9. The van der Waals surface area contributed by atoms with Gasteiger partial charge in [-0.2, -0.15) is 20.3 Å². The molecular formula is C24H20N4O4. The first-order valence-corrected chi connectivity index (χ1v) is 9.87. The molecule has 1 amide bonds. The smallest absolute Gasteiger partial charge is 0.335 e. The molecule has 32 heavy (non-hydrogen) atoms. The summed E-state index contributed by atoms with van der Waals surface area (Å²) in [5.74, 6) is -1.55. The molecule has 160 valence electrons. The number of phenolic OH excluding ortho intramolecular Hbond substituents is 1. The van der Waals surface area contributed by atoms with E-state index in [1.165, 1.54) is 17.1 Å². The summed E-state index contributed by atoms with van der Waals surface area (Å²) in [6.07, 6.45) is 0. The van der Waals surface area contributed by atoms with Crippen LogP contribution in [0.15, 0.2) is 82.1 Å². The van der Waals surface area contributed by atoms with E-state index in [4.69, 9.17) is 0 Å². The van der Waals surface area contributed by atoms with Gasteiger partial charge in [0, 0.05) is 5.56 Å². The van der Waals surface area contributed by atoms with Crippen LogP contribution in [0.2, 0.25) is 0 Å². The van der Waals surface area contributed by atoms with E-state index in [0.29, 0.717) is 22.5 Å². The molecule has 1 unspecified atom stereocenters. The molecule has 1 aliphatic heterocycles. The molecule has 2 N–H and O–H groups in total. The van der Waals surface area contributed by atoms with Crippen LogP contribution in [0, 0.1) is 6.92 Å². The Bertz CT molecular complexity index is 1270. The summed E-state index contributed by atoms with van der Waals surface area (Å²) in [5.41, 5.74) is 3.41. The lowest BCUT2D eigenvalue weighted by Crippen LogP contribution is -2.29. The average Bonchev–Trinajstić information content (AvgIpc) is 3.07. The van der Waals surface area contributed by atoms with Crippen molar-refractivity contribution in [3.05, 3.63) is 77.9 Å². The molecule has 3 aromatic carbocycles. The average molecular weight is 428 g/mol. The highest BCUT2D eigenvalue weighted by atomic mass is 16.4. The summed E-state index contributed by atoms with van der Waals surface area (Å²) < 4.78 is 0. The number of azo groups is 1. The summed E-state index contributed by atoms with van der Waals surface area (Å²) in [6, 6.07) is 17.6. The molecule has 0 saturated carbocycles. The second-order valence-electron chi connectivity index (χ2n) is 7.40. The van der Waals surface area contributed by atoms with E-state index in [-0.39, 0.29) is 22.9 Å². The summed E-state index contributed by atoms with van der Waals surface area (Å²) in [4.78, 5) is 24.1. The minimum atomic E-state index is -1.06. The number of hydrazone groups is 1. The second-order valence-corrected chi connectivity index (χ2v) is 7.40. The van der Waals surface area contributed by atoms with Gasteiger partial charge in [-0.15, -0.1) is 0 Å². The van der Waals surface area contributed by atoms with Gasteiger partial charge in [-0.05, 0) is 49.7 Å². The Morgan fingerprint density at radius 1 is 1.03 bits per heavy atom. The van der Waals surface area contributed by atoms with Crippen LogP contribution in [0.1, 0.15) is 22.8 Å². The number of aryl methyl sites for hydroxylation is 1. The monoisotopic (exact) mass is 428 g/mol. The number of carbonyl (C=O) groups excluding carboxylic acids is 1. The van der Waals surface area contributed by atoms with E-state index < -0.39 is 12.0 Å². The molecule has 0 aromatic heterocycles. The zero-order chi connectivity index (χ0) is 22.8. The Labute approximate surface area is 184 Å². The van der Waals surface area contributed by atoms with Crippen LogP contribution in [0.4, 0.5) is 11.4 Å². The normalized spacial score (nSPS) is 15.9. The molecule has 0 spiro atoms. The first-order valence-electron chi connectivity index (χ1n) is 9.87. The Kier molecular flexibility index (Phi) is 5.51. The number of nitrogens with zero attached hydrogens (tertiary/aromatic N) is 4. The Balaban J connectivity index is 1.60. The van der Waals surface area contributed by atoms with Crippen LogP contribution in [-0.4, -0.2) is 33.8 Å². The van der Waals surface area contributed by atoms with Crippen molar-refractivity contribution in [2.45, 2.75) is 19.9 Å². The van der Waals surface area contributed by atoms with Crippen LogP contribution < -0.4 is 5.01 Å². The number of anilines is 1. The van der Waals surface area contributed by atoms with E-state index in [1.807, 2.05) is 31.2 Å². The number of carboxylic acids is 1. The maximum atomic E-state index is 12.8. The Morgan fingerprint density at radius 3 is 2.47 bits per heavy atom. The van der Waals surface area contributed by atoms with Crippen molar-refractivity contribution < 1.29 is 19.8 Å². The van der Waals surface area contributed by atoms with Crippen molar-refractivity contribution in [2.24, 2.45) is 15.3 Å². The molecular weight excluding hydrogens is 408 g/mol. The van der Waals surface area contributed by atoms with Crippen LogP contribution in [0.3, 0.4) is 0 Å². The molecule has 8 nitrogen and oxygen atoms in total. The topological polar surface area (TPSA) is 115 Å². The standard InChI is InChI=1S/C24H20N4O4/c1-14-9-11-18(12-10-14)28-23(30)21(15(2)27-28)26-25-20-8-4-7-19(22(20)29)16-5-3-6-17(13-16)24(31)32/h3-13,21,29H,1-2H3,(H,31,32). The Morgan fingerprint density at radius 2 is 1.75 bits per heavy atom. The molecule has 1 heterocycles. The Hall–Kier alpha value is -4.33. The van der Waals surface area contributed by atoms with Crippen LogP contribution in [0.25, 0.3) is 11.1 Å². The molecule has 0 bridgehead atoms. The lowest BCUT2D eigenvalue weighted by Gasteiger charge is -2.12. The van der Waals surface area contributed by atoms with Crippen molar-refractivity contribution in [1.29, 1.82) is 0 Å². The van der Waals surface area contributed by atoms with Crippen molar-refractivity contribution in [1.82, 2.24) is 0 Å². The SMILES string of the molecule is CC1=NN(c2ccc(C)cc2)C(=O)C1N=Nc1cccc(-c2cccc(C(=O)O)c2)c1O. The number of phenols is 1. The predicted octanol–water partition coefficient (Wildman–Crippen LogP) is 4.94. The number of rotatable bonds is 5. The number of aromatic carboxylic acids is 1. The van der Waals surface area contributed by atoms with Gasteiger partial charge in [0.15, 0.2) is 11.8 Å². The van der Waals surface area contributed by atoms with Gasteiger partial charge < -0.3 is 10.2 Å². The molecule has 4 rings (SSSR count). The van der Waals surface area contributed by atoms with Crippen LogP contribution in [0.5, 0.6) is 5.75 Å². The third kappa shape index (κ3) is 3.98. The fourth-order valence-corrected chi connectivity index (χ4v) is 3.34. The zero-order valence-electron chi connectivity index (χ0n) is 17.4. The predicted molar refractivity (Wildman–Crippen MR) is 121 cm³/mol. The van der Waals surface area contributed by atoms with Crippen LogP contribution in [-0.2, 0) is 4.79 Å². The number of hydrogen-bond donors (Lipinski definition) is 2. The van der Waals surface area contributed by atoms with Crippen molar-refractivity contribution in [3.8, 4) is 16.9 Å². The van der Waals surface area contributed by atoms with E-state index in [1.54, 1.807) is 37.3 Å². The van der Waals surface area contributed by atoms with Crippen LogP contribution >= 0.6 is 0 Å². The molecule has 1 atom stereocenters. The molecule has 1 aliphatic rings. The zero-order valence-corrected chi connectivity index (χ0v) is 17.4. The van der Waals surface area contributed by atoms with Crippen molar-refractivity contribution in [2.75, 3.05) is 5.01 Å². The lowest BCUT2D eigenvalue weighted by molar-refractivity contribution is -0.117. The van der Waals surface area contributed by atoms with Gasteiger partial charge in [-0.1, -0.05) is 42.0 Å². The summed E-state index contributed by atoms with van der Waals surface area (Å²) in [7, 11) is 0. The van der Waals surface area contributed by atoms with E-state index >= 15 is 0 Å². The third-order valence-electron chi connectivity index (χ3n) is 5.09. The lowest BCUT2D eigenvalue weighted by atomic mass is 10.0. The van der Waals surface area contributed by atoms with Gasteiger partial charge in [0.1, 0.15) is 5.69 Å². The molecule has 0 aliphatic carbocycles. The highest BCUT2D eigenvalue weighted by Gasteiger charge is 2.34. The van der Waals surface area contributed by atoms with Gasteiger partial charge >= 0.3 is 5.97 Å². The number of aromatic hydroxyl groups is 1. The van der Waals surface area contributed by atoms with Gasteiger partial charge in [0.05, 0.1) is 17.0 Å². The highest BCUT2D eigenvalue weighted by molar-refractivity contribution is 6.18. The summed E-state index contributed by atoms with van der Waals surface area (Å²) in [6.45, 7) is 3.66. The third-order valence-corrected chi connectivity index (χ3v) is 5.09. The molecule has 0 fully saturated rings. The van der Waals surface area contributed by atoms with E-state index in [2.05, 4.69) is 15.3 Å². The maximum Gasteiger partial charge on any atom is 0.335 e. The van der Waals surface area contributed by atoms with Crippen molar-refractivity contribution in [3.63, 3.8) is 0 Å². The number of carbonyl (C=O) groups is 2. The maximum absolute atomic E-state index is 12.8. The number of amides is 1. The molecule has 3 aromatic rings. The fourth-order valence-electron chi connectivity index (χ4n) is 3.34. The molecule has 8 heteroatoms. The number of para-hydroxylation sites is 1. The first-order chi connectivity index (χ1) is 15.3. The number of hydrogen-bond acceptors (Lipinski definition) is 6. The quantitative estimate of drug-likeness (QED) is 0.560. The van der Waals surface area contributed by atoms with E-state index in [0.717, 1.165) is 5.56 Å². The second kappa shape index (κ2) is 8.43. The minimum Gasteiger partial charge on any atom is -0.505 e. The van der Waals surface area contributed by atoms with Crippen molar-refractivity contribution >= 4 is 29.0 Å². The largest absolute Gasteiger partial charge is 0.505 e. The highest BCUT2D eigenvalue weighted by Crippen LogP contribution is 2.38. The van der Waals surface area contributed by atoms with Gasteiger partial charge in [-0.25, -0.2) is 4.79 Å². The number of benzene rings is 3. The number of carboxylic acid groups (broad SMARTS) is 1. The van der Waals surface area contributed by atoms with Gasteiger partial charge in [-0.3, -0.25) is 4.79 Å². The minimum absolute atomic E-state index is 0.105. The molecule has 0 radical (unpaired) electrons. The summed E-state index contributed by atoms with van der Waals surface area (Å²) in [5, 5.41) is 33.8. The molecule has 0 saturated heterocycles.